The third-order valence-corrected chi connectivity index (χ3v) is 3.84. The number of aryl methyl sites for hydroxylation is 1. The second-order valence-corrected chi connectivity index (χ2v) is 5.69. The number of rotatable bonds is 7. The fourth-order valence-corrected chi connectivity index (χ4v) is 2.56. The molecule has 5 heteroatoms. The number of nitrogens with two attached hydrogens (primary N) is 1. The summed E-state index contributed by atoms with van der Waals surface area (Å²) in [5.74, 6) is 0.902. The average molecular weight is 306 g/mol. The molecule has 122 valence electrons. The summed E-state index contributed by atoms with van der Waals surface area (Å²) in [6.45, 7) is 4.89. The summed E-state index contributed by atoms with van der Waals surface area (Å²) in [5.41, 5.74) is 6.63. The number of likely N-dealkylation sites (tertiary alicyclic amines) is 1. The van der Waals surface area contributed by atoms with E-state index in [1.807, 2.05) is 24.3 Å². The normalized spacial score (nSPS) is 18.3. The molecule has 0 radical (unpaired) electrons. The first-order valence-electron chi connectivity index (χ1n) is 7.98. The van der Waals surface area contributed by atoms with Gasteiger partial charge in [0, 0.05) is 19.5 Å². The lowest BCUT2D eigenvalue weighted by Gasteiger charge is -2.32. The molecule has 1 heterocycles. The standard InChI is InChI=1S/C17H26N2O3/c1-14-5-7-15(8-6-14)21-10-3-11-22-16-4-2-9-19(13-16)17(20)12-18/h5-8,16H,2-4,9-13,18H2,1H3. The van der Waals surface area contributed by atoms with Crippen molar-refractivity contribution >= 4 is 5.91 Å². The quantitative estimate of drug-likeness (QED) is 0.779. The van der Waals surface area contributed by atoms with E-state index >= 15 is 0 Å². The predicted molar refractivity (Wildman–Crippen MR) is 85.9 cm³/mol. The van der Waals surface area contributed by atoms with Crippen molar-refractivity contribution in [2.24, 2.45) is 5.73 Å². The molecule has 0 saturated carbocycles. The first kappa shape index (κ1) is 16.8. The molecule has 0 bridgehead atoms. The van der Waals surface area contributed by atoms with Gasteiger partial charge in [-0.25, -0.2) is 0 Å². The van der Waals surface area contributed by atoms with E-state index in [9.17, 15) is 4.79 Å². The van der Waals surface area contributed by atoms with Crippen LogP contribution in [0.1, 0.15) is 24.8 Å². The molecule has 1 atom stereocenters. The molecule has 1 unspecified atom stereocenters. The Morgan fingerprint density at radius 2 is 2.09 bits per heavy atom. The number of ether oxygens (including phenoxy) is 2. The molecule has 5 nitrogen and oxygen atoms in total. The van der Waals surface area contributed by atoms with Gasteiger partial charge < -0.3 is 20.1 Å². The van der Waals surface area contributed by atoms with E-state index < -0.39 is 0 Å². The molecule has 1 aromatic carbocycles. The molecule has 1 fully saturated rings. The lowest BCUT2D eigenvalue weighted by molar-refractivity contribution is -0.133. The summed E-state index contributed by atoms with van der Waals surface area (Å²) in [5, 5.41) is 0. The molecule has 2 rings (SSSR count). The van der Waals surface area contributed by atoms with E-state index in [2.05, 4.69) is 6.92 Å². The summed E-state index contributed by atoms with van der Waals surface area (Å²) in [7, 11) is 0. The van der Waals surface area contributed by atoms with Crippen LogP contribution in [0.4, 0.5) is 0 Å². The smallest absolute Gasteiger partial charge is 0.236 e. The van der Waals surface area contributed by atoms with Crippen LogP contribution >= 0.6 is 0 Å². The van der Waals surface area contributed by atoms with Crippen LogP contribution in [0.2, 0.25) is 0 Å². The fraction of sp³-hybridized carbons (Fsp3) is 0.588. The zero-order valence-electron chi connectivity index (χ0n) is 13.3. The molecule has 1 saturated heterocycles. The van der Waals surface area contributed by atoms with Gasteiger partial charge in [0.05, 0.1) is 25.9 Å². The van der Waals surface area contributed by atoms with Gasteiger partial charge in [0.1, 0.15) is 5.75 Å². The van der Waals surface area contributed by atoms with Crippen LogP contribution in [0, 0.1) is 6.92 Å². The van der Waals surface area contributed by atoms with E-state index in [1.165, 1.54) is 5.56 Å². The molecule has 0 aromatic heterocycles. The highest BCUT2D eigenvalue weighted by Crippen LogP contribution is 2.14. The van der Waals surface area contributed by atoms with Crippen LogP contribution in [0.3, 0.4) is 0 Å². The Morgan fingerprint density at radius 1 is 1.32 bits per heavy atom. The molecule has 0 aliphatic carbocycles. The van der Waals surface area contributed by atoms with Crippen LogP contribution in [0.25, 0.3) is 0 Å². The van der Waals surface area contributed by atoms with Gasteiger partial charge in [-0.2, -0.15) is 0 Å². The highest BCUT2D eigenvalue weighted by molar-refractivity contribution is 5.78. The van der Waals surface area contributed by atoms with Gasteiger partial charge in [-0.05, 0) is 31.9 Å². The molecule has 1 aliphatic heterocycles. The number of piperidine rings is 1. The number of carbonyl (C=O) groups excluding carboxylic acids is 1. The van der Waals surface area contributed by atoms with Crippen molar-refractivity contribution in [3.05, 3.63) is 29.8 Å². The minimum absolute atomic E-state index is 0.0102. The lowest BCUT2D eigenvalue weighted by atomic mass is 10.1. The van der Waals surface area contributed by atoms with Gasteiger partial charge in [0.25, 0.3) is 0 Å². The highest BCUT2D eigenvalue weighted by atomic mass is 16.5. The number of benzene rings is 1. The molecular weight excluding hydrogens is 280 g/mol. The molecule has 0 spiro atoms. The van der Waals surface area contributed by atoms with Gasteiger partial charge in [-0.3, -0.25) is 4.79 Å². The summed E-state index contributed by atoms with van der Waals surface area (Å²) in [4.78, 5) is 13.4. The van der Waals surface area contributed by atoms with Crippen molar-refractivity contribution in [3.8, 4) is 5.75 Å². The van der Waals surface area contributed by atoms with Crippen molar-refractivity contribution < 1.29 is 14.3 Å². The van der Waals surface area contributed by atoms with Gasteiger partial charge in [0.15, 0.2) is 0 Å². The third kappa shape index (κ3) is 5.31. The second kappa shape index (κ2) is 8.76. The molecule has 2 N–H and O–H groups in total. The molecule has 1 aromatic rings. The van der Waals surface area contributed by atoms with Crippen molar-refractivity contribution in [3.63, 3.8) is 0 Å². The zero-order chi connectivity index (χ0) is 15.8. The van der Waals surface area contributed by atoms with E-state index in [-0.39, 0.29) is 18.6 Å². The van der Waals surface area contributed by atoms with E-state index in [4.69, 9.17) is 15.2 Å². The van der Waals surface area contributed by atoms with Gasteiger partial charge in [-0.15, -0.1) is 0 Å². The maximum Gasteiger partial charge on any atom is 0.236 e. The monoisotopic (exact) mass is 306 g/mol. The van der Waals surface area contributed by atoms with Crippen LogP contribution in [-0.4, -0.2) is 49.8 Å². The Hall–Kier alpha value is -1.59. The molecule has 22 heavy (non-hydrogen) atoms. The highest BCUT2D eigenvalue weighted by Gasteiger charge is 2.22. The van der Waals surface area contributed by atoms with Gasteiger partial charge in [0.2, 0.25) is 5.91 Å². The topological polar surface area (TPSA) is 64.8 Å². The van der Waals surface area contributed by atoms with Crippen LogP contribution < -0.4 is 10.5 Å². The average Bonchev–Trinajstić information content (AvgIpc) is 2.56. The van der Waals surface area contributed by atoms with Gasteiger partial charge in [-0.1, -0.05) is 17.7 Å². The number of hydrogen-bond acceptors (Lipinski definition) is 4. The fourth-order valence-electron chi connectivity index (χ4n) is 2.56. The van der Waals surface area contributed by atoms with Crippen molar-refractivity contribution in [2.45, 2.75) is 32.3 Å². The summed E-state index contributed by atoms with van der Waals surface area (Å²) >= 11 is 0. The Labute approximate surface area is 132 Å². The maximum absolute atomic E-state index is 11.6. The van der Waals surface area contributed by atoms with E-state index in [0.717, 1.165) is 31.6 Å². The van der Waals surface area contributed by atoms with Crippen molar-refractivity contribution in [2.75, 3.05) is 32.8 Å². The van der Waals surface area contributed by atoms with Crippen molar-refractivity contribution in [1.29, 1.82) is 0 Å². The van der Waals surface area contributed by atoms with Gasteiger partial charge >= 0.3 is 0 Å². The minimum Gasteiger partial charge on any atom is -0.494 e. The van der Waals surface area contributed by atoms with Crippen LogP contribution in [-0.2, 0) is 9.53 Å². The first-order valence-corrected chi connectivity index (χ1v) is 7.98. The lowest BCUT2D eigenvalue weighted by Crippen LogP contribution is -2.45. The minimum atomic E-state index is 0.0102. The zero-order valence-corrected chi connectivity index (χ0v) is 13.3. The number of amides is 1. The number of hydrogen-bond donors (Lipinski definition) is 1. The van der Waals surface area contributed by atoms with Crippen LogP contribution in [0.15, 0.2) is 24.3 Å². The predicted octanol–water partition coefficient (Wildman–Crippen LogP) is 1.73. The van der Waals surface area contributed by atoms with Crippen molar-refractivity contribution in [1.82, 2.24) is 4.90 Å². The Morgan fingerprint density at radius 3 is 2.82 bits per heavy atom. The first-order chi connectivity index (χ1) is 10.7. The van der Waals surface area contributed by atoms with E-state index in [0.29, 0.717) is 19.8 Å². The summed E-state index contributed by atoms with van der Waals surface area (Å²) in [6.07, 6.45) is 2.96. The second-order valence-electron chi connectivity index (χ2n) is 5.69. The van der Waals surface area contributed by atoms with Crippen LogP contribution in [0.5, 0.6) is 5.75 Å². The maximum atomic E-state index is 11.6. The summed E-state index contributed by atoms with van der Waals surface area (Å²) < 4.78 is 11.5. The molecule has 1 amide bonds. The molecule has 1 aliphatic rings. The number of carbonyl (C=O) groups is 1. The number of nitrogens with zero attached hydrogens (tertiary/aromatic N) is 1. The Kier molecular flexibility index (Phi) is 6.68. The summed E-state index contributed by atoms with van der Waals surface area (Å²) in [6, 6.07) is 8.04. The van der Waals surface area contributed by atoms with E-state index in [1.54, 1.807) is 4.90 Å². The Bertz CT molecular complexity index is 461. The SMILES string of the molecule is Cc1ccc(OCCCOC2CCCN(C(=O)CN)C2)cc1. The Balaban J connectivity index is 1.60. The molecular formula is C17H26N2O3. The largest absolute Gasteiger partial charge is 0.494 e. The third-order valence-electron chi connectivity index (χ3n) is 3.84.